The fraction of sp³-hybridized carbons (Fsp3) is 0.286. The maximum Gasteiger partial charge on any atom is 0.393 e. The molecule has 0 amide bonds. The number of rotatable bonds is 9. The van der Waals surface area contributed by atoms with Crippen molar-refractivity contribution in [2.45, 2.75) is 22.8 Å². The van der Waals surface area contributed by atoms with Gasteiger partial charge >= 0.3 is 22.8 Å². The summed E-state index contributed by atoms with van der Waals surface area (Å²) < 4.78 is 38.9. The van der Waals surface area contributed by atoms with Crippen LogP contribution in [0.4, 0.5) is 0 Å². The molecule has 0 bridgehead atoms. The lowest BCUT2D eigenvalue weighted by molar-refractivity contribution is -0.805. The third-order valence-corrected chi connectivity index (χ3v) is 4.63. The first-order chi connectivity index (χ1) is 12.3. The molecule has 1 aromatic heterocycles. The van der Waals surface area contributed by atoms with E-state index in [4.69, 9.17) is 14.6 Å². The van der Waals surface area contributed by atoms with Crippen LogP contribution in [-0.4, -0.2) is 43.8 Å². The Morgan fingerprint density at radius 1 is 1.19 bits per heavy atom. The van der Waals surface area contributed by atoms with E-state index in [1.807, 2.05) is 0 Å². The summed E-state index contributed by atoms with van der Waals surface area (Å²) in [6, 6.07) is 7.23. The Kier molecular flexibility index (Phi) is 6.11. The second-order valence-corrected chi connectivity index (χ2v) is 6.68. The van der Waals surface area contributed by atoms with Crippen molar-refractivity contribution in [1.29, 1.82) is 0 Å². The molecule has 26 heavy (non-hydrogen) atoms. The molecule has 0 saturated heterocycles. The number of carbonyl (C=O) groups is 2. The molecule has 0 fully saturated rings. The van der Waals surface area contributed by atoms with Gasteiger partial charge in [-0.3, -0.25) is 14.2 Å². The smallest absolute Gasteiger partial charge is 0.393 e. The van der Waals surface area contributed by atoms with Gasteiger partial charge in [0.15, 0.2) is 0 Å². The van der Waals surface area contributed by atoms with Gasteiger partial charge in [-0.05, 0) is 17.0 Å². The van der Waals surface area contributed by atoms with E-state index in [9.17, 15) is 23.2 Å². The quantitative estimate of drug-likeness (QED) is 0.351. The minimum atomic E-state index is -4.14. The molecule has 2 aromatic rings. The first-order valence-corrected chi connectivity index (χ1v) is 8.70. The van der Waals surface area contributed by atoms with Crippen LogP contribution in [0.2, 0.25) is 0 Å². The number of ether oxygens (including phenoxy) is 2. The molecule has 1 aromatic carbocycles. The van der Waals surface area contributed by atoms with Crippen LogP contribution in [-0.2, 0) is 24.2 Å². The van der Waals surface area contributed by atoms with Crippen LogP contribution in [0, 0.1) is 5.21 Å². The van der Waals surface area contributed by atoms with Gasteiger partial charge in [0.05, 0.1) is 22.9 Å². The van der Waals surface area contributed by atoms with Crippen LogP contribution in [0.15, 0.2) is 44.9 Å². The number of aliphatic carboxylic acids is 1. The number of hydrogen-bond donors (Lipinski definition) is 1. The van der Waals surface area contributed by atoms with Crippen LogP contribution in [0.5, 0.6) is 5.88 Å². The average Bonchev–Trinajstić information content (AvgIpc) is 2.99. The highest BCUT2D eigenvalue weighted by Gasteiger charge is 2.35. The molecule has 0 aliphatic carbocycles. The van der Waals surface area contributed by atoms with Crippen molar-refractivity contribution in [3.63, 3.8) is 0 Å². The van der Waals surface area contributed by atoms with Crippen LogP contribution in [0.25, 0.3) is 0 Å². The number of carbonyl (C=O) groups excluding carboxylic acids is 1. The van der Waals surface area contributed by atoms with Gasteiger partial charge in [-0.2, -0.15) is 0 Å². The van der Waals surface area contributed by atoms with Gasteiger partial charge in [-0.15, -0.1) is 0 Å². The molecule has 12 heteroatoms. The summed E-state index contributed by atoms with van der Waals surface area (Å²) in [4.78, 5) is 21.3. The fourth-order valence-corrected chi connectivity index (χ4v) is 3.03. The molecule has 0 radical (unpaired) electrons. The van der Waals surface area contributed by atoms with Gasteiger partial charge in [0.1, 0.15) is 13.2 Å². The molecule has 11 nitrogen and oxygen atoms in total. The standard InChI is InChI=1S/C14H14N2O9S/c17-11(18)6-7-12(19)23-8-9-24-14-13(15-25-16(14)20)26(21,22)10-4-2-1-3-5-10/h1-5H,6-9H2,(H,17,18). The van der Waals surface area contributed by atoms with E-state index >= 15 is 0 Å². The first kappa shape index (κ1) is 19.2. The van der Waals surface area contributed by atoms with E-state index < -0.39 is 32.7 Å². The van der Waals surface area contributed by atoms with E-state index in [2.05, 4.69) is 9.79 Å². The highest BCUT2D eigenvalue weighted by atomic mass is 32.2. The van der Waals surface area contributed by atoms with Crippen molar-refractivity contribution in [1.82, 2.24) is 5.16 Å². The Bertz CT molecular complexity index is 877. The number of carboxylic acid groups (broad SMARTS) is 1. The molecule has 0 aliphatic heterocycles. The van der Waals surface area contributed by atoms with E-state index in [0.717, 1.165) is 0 Å². The molecule has 1 N–H and O–H groups in total. The fourth-order valence-electron chi connectivity index (χ4n) is 1.79. The number of hydrogen-bond acceptors (Lipinski definition) is 9. The second kappa shape index (κ2) is 8.29. The van der Waals surface area contributed by atoms with Crippen molar-refractivity contribution in [2.75, 3.05) is 13.2 Å². The van der Waals surface area contributed by atoms with Crippen molar-refractivity contribution in [3.8, 4) is 5.88 Å². The summed E-state index contributed by atoms with van der Waals surface area (Å²) in [5.41, 5.74) is 0. The Morgan fingerprint density at radius 3 is 2.54 bits per heavy atom. The summed E-state index contributed by atoms with van der Waals surface area (Å²) in [5.74, 6) is -2.62. The highest BCUT2D eigenvalue weighted by Crippen LogP contribution is 2.24. The Morgan fingerprint density at radius 2 is 1.88 bits per heavy atom. The first-order valence-electron chi connectivity index (χ1n) is 7.22. The molecule has 2 rings (SSSR count). The van der Waals surface area contributed by atoms with Crippen molar-refractivity contribution in [3.05, 3.63) is 35.5 Å². The molecule has 1 heterocycles. The van der Waals surface area contributed by atoms with Crippen molar-refractivity contribution >= 4 is 21.8 Å². The van der Waals surface area contributed by atoms with Crippen LogP contribution >= 0.6 is 0 Å². The van der Waals surface area contributed by atoms with E-state index in [1.165, 1.54) is 24.3 Å². The van der Waals surface area contributed by atoms with Gasteiger partial charge in [0.25, 0.3) is 9.84 Å². The van der Waals surface area contributed by atoms with E-state index in [0.29, 0.717) is 0 Å². The molecule has 0 saturated carbocycles. The Balaban J connectivity index is 2.00. The zero-order chi connectivity index (χ0) is 19.2. The molecular weight excluding hydrogens is 372 g/mol. The number of nitrogens with zero attached hydrogens (tertiary/aromatic N) is 2. The lowest BCUT2D eigenvalue weighted by Crippen LogP contribution is -2.27. The summed E-state index contributed by atoms with van der Waals surface area (Å²) >= 11 is 0. The SMILES string of the molecule is O=C(O)CCC(=O)OCCOc1c(S(=O)(=O)c2ccccc2)no[n+]1[O-]. The lowest BCUT2D eigenvalue weighted by atomic mass is 10.3. The number of esters is 1. The van der Waals surface area contributed by atoms with Gasteiger partial charge in [-0.25, -0.2) is 8.42 Å². The third-order valence-electron chi connectivity index (χ3n) is 2.98. The normalized spacial score (nSPS) is 11.1. The highest BCUT2D eigenvalue weighted by molar-refractivity contribution is 7.91. The zero-order valence-corrected chi connectivity index (χ0v) is 14.0. The van der Waals surface area contributed by atoms with E-state index in [-0.39, 0.29) is 35.9 Å². The molecular formula is C14H14N2O9S. The number of carboxylic acids is 1. The largest absolute Gasteiger partial charge is 0.481 e. The molecule has 0 spiro atoms. The predicted molar refractivity (Wildman–Crippen MR) is 80.7 cm³/mol. The number of benzene rings is 1. The van der Waals surface area contributed by atoms with Crippen LogP contribution in [0.3, 0.4) is 0 Å². The Labute approximate surface area is 147 Å². The Hall–Kier alpha value is -3.15. The maximum absolute atomic E-state index is 12.5. The average molecular weight is 386 g/mol. The summed E-state index contributed by atoms with van der Waals surface area (Å²) in [5, 5.41) is 22.5. The molecule has 140 valence electrons. The maximum atomic E-state index is 12.5. The van der Waals surface area contributed by atoms with E-state index in [1.54, 1.807) is 6.07 Å². The lowest BCUT2D eigenvalue weighted by Gasteiger charge is -2.05. The molecule has 0 unspecified atom stereocenters. The van der Waals surface area contributed by atoms with Gasteiger partial charge in [0.2, 0.25) is 0 Å². The van der Waals surface area contributed by atoms with Crippen LogP contribution < -0.4 is 9.64 Å². The van der Waals surface area contributed by atoms with Crippen LogP contribution in [0.1, 0.15) is 12.8 Å². The summed E-state index contributed by atoms with van der Waals surface area (Å²) in [7, 11) is -4.14. The monoisotopic (exact) mass is 386 g/mol. The number of aromatic nitrogens is 2. The topological polar surface area (TPSA) is 160 Å². The predicted octanol–water partition coefficient (Wildman–Crippen LogP) is -0.0724. The number of sulfone groups is 1. The van der Waals surface area contributed by atoms with Crippen molar-refractivity contribution in [2.24, 2.45) is 0 Å². The molecule has 0 atom stereocenters. The summed E-state index contributed by atoms with van der Waals surface area (Å²) in [6.07, 6.45) is -0.705. The van der Waals surface area contributed by atoms with Gasteiger partial charge in [0, 0.05) is 0 Å². The molecule has 0 aliphatic rings. The second-order valence-electron chi connectivity index (χ2n) is 4.82. The van der Waals surface area contributed by atoms with Gasteiger partial charge in [-0.1, -0.05) is 18.2 Å². The summed E-state index contributed by atoms with van der Waals surface area (Å²) in [6.45, 7) is -0.686. The zero-order valence-electron chi connectivity index (χ0n) is 13.2. The minimum Gasteiger partial charge on any atom is -0.481 e. The third kappa shape index (κ3) is 4.69. The van der Waals surface area contributed by atoms with Crippen molar-refractivity contribution < 1.29 is 42.1 Å². The minimum absolute atomic E-state index is 0.112. The van der Waals surface area contributed by atoms with Gasteiger partial charge < -0.3 is 19.8 Å².